The number of nitrogens with zero attached hydrogens (tertiary/aromatic N) is 1. The number of aliphatic hydroxyl groups is 1. The lowest BCUT2D eigenvalue weighted by Crippen LogP contribution is -2.45. The molecule has 0 radical (unpaired) electrons. The van der Waals surface area contributed by atoms with Crippen LogP contribution in [-0.2, 0) is 0 Å². The molecular weight excluding hydrogens is 261 g/mol. The Balaban J connectivity index is 2.17. The molecule has 18 heavy (non-hydrogen) atoms. The predicted octanol–water partition coefficient (Wildman–Crippen LogP) is 2.31. The molecule has 1 fully saturated rings. The van der Waals surface area contributed by atoms with Gasteiger partial charge in [0.1, 0.15) is 5.82 Å². The highest BCUT2D eigenvalue weighted by Crippen LogP contribution is 2.33. The van der Waals surface area contributed by atoms with Gasteiger partial charge in [0.15, 0.2) is 0 Å². The average Bonchev–Trinajstić information content (AvgIpc) is 2.30. The number of rotatable bonds is 1. The molecule has 98 valence electrons. The van der Waals surface area contributed by atoms with Crippen LogP contribution in [-0.4, -0.2) is 40.4 Å². The number of amides is 1. The van der Waals surface area contributed by atoms with Crippen LogP contribution in [0.1, 0.15) is 17.9 Å². The molecule has 1 saturated heterocycles. The van der Waals surface area contributed by atoms with Crippen molar-refractivity contribution < 1.29 is 19.4 Å². The van der Waals surface area contributed by atoms with Gasteiger partial charge in [0, 0.05) is 17.5 Å². The number of carbonyl (C=O) groups is 1. The van der Waals surface area contributed by atoms with Gasteiger partial charge in [-0.15, -0.1) is 0 Å². The number of benzene rings is 1. The first-order valence-electron chi connectivity index (χ1n) is 5.60. The molecule has 4 nitrogen and oxygen atoms in total. The Bertz CT molecular complexity index is 469. The van der Waals surface area contributed by atoms with Gasteiger partial charge in [0.05, 0.1) is 12.6 Å². The average molecular weight is 274 g/mol. The Kier molecular flexibility index (Phi) is 3.73. The Morgan fingerprint density at radius 3 is 2.78 bits per heavy atom. The van der Waals surface area contributed by atoms with Gasteiger partial charge in [-0.3, -0.25) is 0 Å². The number of β-amino-alcohol motifs (C(OH)–C–C–N with tert-alkyl or cyclic N) is 1. The van der Waals surface area contributed by atoms with Crippen LogP contribution in [0.4, 0.5) is 9.18 Å². The van der Waals surface area contributed by atoms with Gasteiger partial charge in [-0.2, -0.15) is 0 Å². The molecule has 2 unspecified atom stereocenters. The quantitative estimate of drug-likeness (QED) is 0.825. The lowest BCUT2D eigenvalue weighted by Gasteiger charge is -2.34. The minimum absolute atomic E-state index is 0.0493. The first-order chi connectivity index (χ1) is 8.49. The molecule has 0 saturated carbocycles. The van der Waals surface area contributed by atoms with E-state index in [0.29, 0.717) is 18.5 Å². The van der Waals surface area contributed by atoms with E-state index >= 15 is 0 Å². The van der Waals surface area contributed by atoms with Crippen LogP contribution < -0.4 is 0 Å². The topological polar surface area (TPSA) is 60.8 Å². The van der Waals surface area contributed by atoms with Gasteiger partial charge in [-0.05, 0) is 24.1 Å². The molecule has 0 bridgehead atoms. The third kappa shape index (κ3) is 2.57. The second-order valence-electron chi connectivity index (χ2n) is 4.36. The van der Waals surface area contributed by atoms with E-state index in [1.807, 2.05) is 0 Å². The monoisotopic (exact) mass is 273 g/mol. The van der Waals surface area contributed by atoms with Crippen LogP contribution in [0.5, 0.6) is 0 Å². The molecule has 2 atom stereocenters. The highest BCUT2D eigenvalue weighted by molar-refractivity contribution is 6.31. The molecule has 0 aromatic heterocycles. The summed E-state index contributed by atoms with van der Waals surface area (Å²) in [5, 5.41) is 19.1. The normalized spacial score (nSPS) is 24.1. The summed E-state index contributed by atoms with van der Waals surface area (Å²) in [6.45, 7) is 0.387. The molecule has 1 heterocycles. The third-order valence-corrected chi connectivity index (χ3v) is 3.54. The predicted molar refractivity (Wildman–Crippen MR) is 64.4 cm³/mol. The molecule has 0 spiro atoms. The summed E-state index contributed by atoms with van der Waals surface area (Å²) in [5.74, 6) is -0.685. The van der Waals surface area contributed by atoms with Crippen LogP contribution in [0.15, 0.2) is 18.2 Å². The van der Waals surface area contributed by atoms with Crippen molar-refractivity contribution in [1.29, 1.82) is 0 Å². The highest BCUT2D eigenvalue weighted by atomic mass is 35.5. The summed E-state index contributed by atoms with van der Waals surface area (Å²) in [5.41, 5.74) is 0.663. The standard InChI is InChI=1S/C12H13ClFNO3/c13-10-5-7(14)1-2-8(10)9-3-4-15(12(17)18)6-11(9)16/h1-2,5,9,11,16H,3-4,6H2,(H,17,18). The number of halogens is 2. The van der Waals surface area contributed by atoms with Gasteiger partial charge in [-0.25, -0.2) is 9.18 Å². The molecule has 1 aliphatic rings. The Morgan fingerprint density at radius 1 is 1.50 bits per heavy atom. The third-order valence-electron chi connectivity index (χ3n) is 3.21. The van der Waals surface area contributed by atoms with Crippen molar-refractivity contribution in [2.45, 2.75) is 18.4 Å². The fourth-order valence-electron chi connectivity index (χ4n) is 2.27. The lowest BCUT2D eigenvalue weighted by molar-refractivity contribution is 0.0504. The largest absolute Gasteiger partial charge is 0.465 e. The zero-order chi connectivity index (χ0) is 13.3. The van der Waals surface area contributed by atoms with Crippen molar-refractivity contribution in [3.8, 4) is 0 Å². The molecule has 1 aliphatic heterocycles. The summed E-state index contributed by atoms with van der Waals surface area (Å²) in [4.78, 5) is 12.0. The molecule has 1 aromatic carbocycles. The molecular formula is C12H13ClFNO3. The van der Waals surface area contributed by atoms with Crippen LogP contribution in [0.3, 0.4) is 0 Å². The molecule has 2 N–H and O–H groups in total. The lowest BCUT2D eigenvalue weighted by atomic mass is 9.87. The highest BCUT2D eigenvalue weighted by Gasteiger charge is 2.32. The molecule has 1 amide bonds. The van der Waals surface area contributed by atoms with Gasteiger partial charge < -0.3 is 15.1 Å². The van der Waals surface area contributed by atoms with E-state index in [2.05, 4.69) is 0 Å². The number of aliphatic hydroxyl groups excluding tert-OH is 1. The van der Waals surface area contributed by atoms with Crippen LogP contribution in [0.2, 0.25) is 5.02 Å². The molecule has 0 aliphatic carbocycles. The van der Waals surface area contributed by atoms with E-state index in [0.717, 1.165) is 0 Å². The van der Waals surface area contributed by atoms with Gasteiger partial charge in [0.25, 0.3) is 0 Å². The Labute approximate surface area is 109 Å². The summed E-state index contributed by atoms with van der Waals surface area (Å²) in [6, 6.07) is 4.03. The summed E-state index contributed by atoms with van der Waals surface area (Å²) in [6.07, 6.45) is -1.39. The number of hydrogen-bond donors (Lipinski definition) is 2. The van der Waals surface area contributed by atoms with Gasteiger partial charge in [-0.1, -0.05) is 17.7 Å². The number of carboxylic acid groups (broad SMARTS) is 1. The van der Waals surface area contributed by atoms with Gasteiger partial charge in [0.2, 0.25) is 0 Å². The van der Waals surface area contributed by atoms with E-state index in [-0.39, 0.29) is 17.5 Å². The molecule has 6 heteroatoms. The SMILES string of the molecule is O=C(O)N1CCC(c2ccc(F)cc2Cl)C(O)C1. The maximum Gasteiger partial charge on any atom is 0.407 e. The fourth-order valence-corrected chi connectivity index (χ4v) is 2.58. The summed E-state index contributed by atoms with van der Waals surface area (Å²) < 4.78 is 12.9. The summed E-state index contributed by atoms with van der Waals surface area (Å²) >= 11 is 5.95. The van der Waals surface area contributed by atoms with Crippen molar-refractivity contribution in [2.75, 3.05) is 13.1 Å². The maximum absolute atomic E-state index is 12.9. The van der Waals surface area contributed by atoms with E-state index in [1.54, 1.807) is 6.07 Å². The number of hydrogen-bond acceptors (Lipinski definition) is 2. The van der Waals surface area contributed by atoms with E-state index < -0.39 is 18.0 Å². The molecule has 2 rings (SSSR count). The van der Waals surface area contributed by atoms with Crippen LogP contribution >= 0.6 is 11.6 Å². The maximum atomic E-state index is 12.9. The van der Waals surface area contributed by atoms with E-state index in [1.165, 1.54) is 17.0 Å². The van der Waals surface area contributed by atoms with Crippen molar-refractivity contribution in [3.05, 3.63) is 34.6 Å². The molecule has 1 aromatic rings. The van der Waals surface area contributed by atoms with Crippen molar-refractivity contribution in [1.82, 2.24) is 4.90 Å². The smallest absolute Gasteiger partial charge is 0.407 e. The summed E-state index contributed by atoms with van der Waals surface area (Å²) in [7, 11) is 0. The fraction of sp³-hybridized carbons (Fsp3) is 0.417. The van der Waals surface area contributed by atoms with E-state index in [4.69, 9.17) is 16.7 Å². The zero-order valence-corrected chi connectivity index (χ0v) is 10.3. The van der Waals surface area contributed by atoms with Crippen molar-refractivity contribution in [2.24, 2.45) is 0 Å². The van der Waals surface area contributed by atoms with Gasteiger partial charge >= 0.3 is 6.09 Å². The minimum Gasteiger partial charge on any atom is -0.465 e. The number of likely N-dealkylation sites (tertiary alicyclic amines) is 1. The van der Waals surface area contributed by atoms with Crippen LogP contribution in [0.25, 0.3) is 0 Å². The Morgan fingerprint density at radius 2 is 2.22 bits per heavy atom. The van der Waals surface area contributed by atoms with Crippen LogP contribution in [0, 0.1) is 5.82 Å². The zero-order valence-electron chi connectivity index (χ0n) is 9.51. The second-order valence-corrected chi connectivity index (χ2v) is 4.76. The Hall–Kier alpha value is -1.33. The van der Waals surface area contributed by atoms with E-state index in [9.17, 15) is 14.3 Å². The van der Waals surface area contributed by atoms with Crippen molar-refractivity contribution >= 4 is 17.7 Å². The minimum atomic E-state index is -1.04. The van der Waals surface area contributed by atoms with Crippen molar-refractivity contribution in [3.63, 3.8) is 0 Å². The number of piperidine rings is 1. The first kappa shape index (κ1) is 13.1. The second kappa shape index (κ2) is 5.12. The first-order valence-corrected chi connectivity index (χ1v) is 5.97.